The number of carboxylic acids is 1. The zero-order valence-electron chi connectivity index (χ0n) is 11.6. The van der Waals surface area contributed by atoms with E-state index in [9.17, 15) is 22.8 Å². The van der Waals surface area contributed by atoms with E-state index < -0.39 is 30.7 Å². The Labute approximate surface area is 125 Å². The maximum absolute atomic E-state index is 12.0. The molecule has 5 nitrogen and oxygen atoms in total. The summed E-state index contributed by atoms with van der Waals surface area (Å²) in [5.74, 6) is -1.40. The van der Waals surface area contributed by atoms with Crippen molar-refractivity contribution in [3.05, 3.63) is 35.9 Å². The topological polar surface area (TPSA) is 75.6 Å². The number of ether oxygens (including phenoxy) is 1. The molecule has 0 aliphatic rings. The summed E-state index contributed by atoms with van der Waals surface area (Å²) < 4.78 is 40.9. The minimum Gasteiger partial charge on any atom is -0.480 e. The van der Waals surface area contributed by atoms with Crippen molar-refractivity contribution in [1.29, 1.82) is 0 Å². The lowest BCUT2D eigenvalue weighted by Gasteiger charge is -2.15. The Morgan fingerprint density at radius 2 is 1.86 bits per heavy atom. The number of rotatable bonds is 7. The summed E-state index contributed by atoms with van der Waals surface area (Å²) in [5.41, 5.74) is 0.710. The second-order valence-electron chi connectivity index (χ2n) is 4.60. The quantitative estimate of drug-likeness (QED) is 0.810. The lowest BCUT2D eigenvalue weighted by Crippen LogP contribution is -2.41. The first kappa shape index (κ1) is 17.8. The lowest BCUT2D eigenvalue weighted by molar-refractivity contribution is -0.143. The van der Waals surface area contributed by atoms with E-state index in [2.05, 4.69) is 0 Å². The van der Waals surface area contributed by atoms with Crippen LogP contribution in [0, 0.1) is 0 Å². The summed E-state index contributed by atoms with van der Waals surface area (Å²) in [4.78, 5) is 22.4. The minimum atomic E-state index is -4.35. The van der Waals surface area contributed by atoms with Gasteiger partial charge in [0.1, 0.15) is 12.6 Å². The van der Waals surface area contributed by atoms with Gasteiger partial charge in [0, 0.05) is 6.42 Å². The lowest BCUT2D eigenvalue weighted by atomic mass is 10.1. The normalized spacial score (nSPS) is 12.5. The number of carboxylic acid groups (broad SMARTS) is 1. The summed E-state index contributed by atoms with van der Waals surface area (Å²) in [5, 5.41) is 10.9. The highest BCUT2D eigenvalue weighted by Crippen LogP contribution is 2.22. The highest BCUT2D eigenvalue weighted by atomic mass is 19.4. The molecule has 1 aromatic rings. The molecule has 0 aliphatic carbocycles. The van der Waals surface area contributed by atoms with Gasteiger partial charge in [0.15, 0.2) is 0 Å². The fourth-order valence-corrected chi connectivity index (χ4v) is 1.67. The van der Waals surface area contributed by atoms with Crippen molar-refractivity contribution >= 4 is 12.1 Å². The van der Waals surface area contributed by atoms with Crippen LogP contribution >= 0.6 is 0 Å². The Morgan fingerprint density at radius 3 is 2.41 bits per heavy atom. The fourth-order valence-electron chi connectivity index (χ4n) is 1.67. The predicted octanol–water partition coefficient (Wildman–Crippen LogP) is 3.10. The molecule has 0 radical (unpaired) electrons. The van der Waals surface area contributed by atoms with Crippen molar-refractivity contribution in [2.45, 2.75) is 38.1 Å². The first-order chi connectivity index (χ1) is 10.3. The van der Waals surface area contributed by atoms with Crippen LogP contribution in [0.1, 0.15) is 24.8 Å². The highest BCUT2D eigenvalue weighted by molar-refractivity contribution is 5.79. The summed E-state index contributed by atoms with van der Waals surface area (Å²) in [6.07, 6.45) is -7.15. The van der Waals surface area contributed by atoms with E-state index in [0.29, 0.717) is 5.56 Å². The standard InChI is InChI=1S/C14H16F3NO4/c15-14(16,17)8-4-7-11(12(19)20)18-13(21)22-9-10-5-2-1-3-6-10/h1-3,5-6,11H,4,7-9H2,(H,18,21)(H,19,20)/t11-/m1/s1. The first-order valence-corrected chi connectivity index (χ1v) is 6.54. The fraction of sp³-hybridized carbons (Fsp3) is 0.429. The number of carbonyl (C=O) groups excluding carboxylic acids is 1. The molecule has 1 rings (SSSR count). The molecular weight excluding hydrogens is 303 g/mol. The van der Waals surface area contributed by atoms with Crippen LogP contribution in [0.2, 0.25) is 0 Å². The second-order valence-corrected chi connectivity index (χ2v) is 4.60. The number of benzene rings is 1. The minimum absolute atomic E-state index is 0.0540. The molecule has 1 atom stereocenters. The predicted molar refractivity (Wildman–Crippen MR) is 71.1 cm³/mol. The number of hydrogen-bond donors (Lipinski definition) is 2. The van der Waals surface area contributed by atoms with Gasteiger partial charge in [-0.3, -0.25) is 0 Å². The molecule has 1 aromatic carbocycles. The SMILES string of the molecule is O=C(N[C@H](CCCC(F)(F)F)C(=O)O)OCc1ccccc1. The van der Waals surface area contributed by atoms with Crippen molar-refractivity contribution in [3.8, 4) is 0 Å². The molecule has 122 valence electrons. The molecule has 0 saturated heterocycles. The average molecular weight is 319 g/mol. The number of halogens is 3. The number of alkyl carbamates (subject to hydrolysis) is 1. The molecule has 8 heteroatoms. The summed E-state index contributed by atoms with van der Waals surface area (Å²) in [6, 6.07) is 7.29. The van der Waals surface area contributed by atoms with Gasteiger partial charge in [-0.25, -0.2) is 9.59 Å². The zero-order chi connectivity index (χ0) is 16.6. The van der Waals surface area contributed by atoms with Crippen LogP contribution in [0.3, 0.4) is 0 Å². The first-order valence-electron chi connectivity index (χ1n) is 6.54. The van der Waals surface area contributed by atoms with Crippen molar-refractivity contribution in [3.63, 3.8) is 0 Å². The summed E-state index contributed by atoms with van der Waals surface area (Å²) in [7, 11) is 0. The maximum atomic E-state index is 12.0. The second kappa shape index (κ2) is 8.26. The van der Waals surface area contributed by atoms with Gasteiger partial charge < -0.3 is 15.2 Å². The third-order valence-electron chi connectivity index (χ3n) is 2.76. The number of amides is 1. The van der Waals surface area contributed by atoms with E-state index in [1.54, 1.807) is 30.3 Å². The number of hydrogen-bond acceptors (Lipinski definition) is 3. The van der Waals surface area contributed by atoms with Crippen LogP contribution in [0.5, 0.6) is 0 Å². The average Bonchev–Trinajstić information content (AvgIpc) is 2.43. The van der Waals surface area contributed by atoms with Gasteiger partial charge in [-0.2, -0.15) is 13.2 Å². The van der Waals surface area contributed by atoms with Gasteiger partial charge in [0.2, 0.25) is 0 Å². The highest BCUT2D eigenvalue weighted by Gasteiger charge is 2.28. The number of carbonyl (C=O) groups is 2. The van der Waals surface area contributed by atoms with Crippen LogP contribution in [0.4, 0.5) is 18.0 Å². The van der Waals surface area contributed by atoms with Crippen molar-refractivity contribution in [2.24, 2.45) is 0 Å². The van der Waals surface area contributed by atoms with Gasteiger partial charge in [-0.1, -0.05) is 30.3 Å². The molecule has 22 heavy (non-hydrogen) atoms. The largest absolute Gasteiger partial charge is 0.480 e. The molecule has 0 aliphatic heterocycles. The van der Waals surface area contributed by atoms with Crippen LogP contribution in [0.15, 0.2) is 30.3 Å². The zero-order valence-corrected chi connectivity index (χ0v) is 11.6. The van der Waals surface area contributed by atoms with Crippen molar-refractivity contribution < 1.29 is 32.6 Å². The molecule has 2 N–H and O–H groups in total. The Kier molecular flexibility index (Phi) is 6.68. The van der Waals surface area contributed by atoms with Crippen LogP contribution < -0.4 is 5.32 Å². The van der Waals surface area contributed by atoms with Gasteiger partial charge in [0.05, 0.1) is 0 Å². The van der Waals surface area contributed by atoms with E-state index in [-0.39, 0.29) is 19.4 Å². The van der Waals surface area contributed by atoms with Gasteiger partial charge in [0.25, 0.3) is 0 Å². The molecule has 1 amide bonds. The Bertz CT molecular complexity index is 491. The monoisotopic (exact) mass is 319 g/mol. The molecular formula is C14H16F3NO4. The van der Waals surface area contributed by atoms with Gasteiger partial charge in [-0.15, -0.1) is 0 Å². The third kappa shape index (κ3) is 7.51. The van der Waals surface area contributed by atoms with Gasteiger partial charge in [-0.05, 0) is 18.4 Å². The summed E-state index contributed by atoms with van der Waals surface area (Å²) >= 11 is 0. The smallest absolute Gasteiger partial charge is 0.408 e. The molecule has 0 fully saturated rings. The molecule has 0 aromatic heterocycles. The Balaban J connectivity index is 2.39. The van der Waals surface area contributed by atoms with Gasteiger partial charge >= 0.3 is 18.2 Å². The van der Waals surface area contributed by atoms with Crippen LogP contribution in [0.25, 0.3) is 0 Å². The Morgan fingerprint density at radius 1 is 1.23 bits per heavy atom. The van der Waals surface area contributed by atoms with Crippen molar-refractivity contribution in [1.82, 2.24) is 5.32 Å². The van der Waals surface area contributed by atoms with Crippen LogP contribution in [-0.2, 0) is 16.1 Å². The molecule has 0 bridgehead atoms. The van der Waals surface area contributed by atoms with E-state index in [4.69, 9.17) is 9.84 Å². The molecule has 0 unspecified atom stereocenters. The van der Waals surface area contributed by atoms with E-state index in [0.717, 1.165) is 0 Å². The van der Waals surface area contributed by atoms with Crippen molar-refractivity contribution in [2.75, 3.05) is 0 Å². The molecule has 0 spiro atoms. The molecule has 0 heterocycles. The number of aliphatic carboxylic acids is 1. The Hall–Kier alpha value is -2.25. The van der Waals surface area contributed by atoms with E-state index >= 15 is 0 Å². The van der Waals surface area contributed by atoms with E-state index in [1.807, 2.05) is 5.32 Å². The summed E-state index contributed by atoms with van der Waals surface area (Å²) in [6.45, 7) is -0.0540. The molecule has 0 saturated carbocycles. The van der Waals surface area contributed by atoms with Crippen LogP contribution in [-0.4, -0.2) is 29.4 Å². The maximum Gasteiger partial charge on any atom is 0.408 e. The number of nitrogens with one attached hydrogen (secondary N) is 1. The van der Waals surface area contributed by atoms with E-state index in [1.165, 1.54) is 0 Å². The third-order valence-corrected chi connectivity index (χ3v) is 2.76. The number of alkyl halides is 3.